The minimum Gasteiger partial charge on any atom is -0.463 e. The van der Waals surface area contributed by atoms with E-state index in [0.29, 0.717) is 12.2 Å². The van der Waals surface area contributed by atoms with Gasteiger partial charge in [-0.3, -0.25) is 14.4 Å². The van der Waals surface area contributed by atoms with Crippen molar-refractivity contribution in [3.05, 3.63) is 11.6 Å². The van der Waals surface area contributed by atoms with Crippen LogP contribution in [0.4, 0.5) is 0 Å². The van der Waals surface area contributed by atoms with Crippen molar-refractivity contribution in [2.75, 3.05) is 0 Å². The summed E-state index contributed by atoms with van der Waals surface area (Å²) in [6.45, 7) is 19.8. The van der Waals surface area contributed by atoms with Crippen LogP contribution < -0.4 is 0 Å². The fourth-order valence-corrected chi connectivity index (χ4v) is 10.5. The van der Waals surface area contributed by atoms with Gasteiger partial charge in [-0.05, 0) is 112 Å². The van der Waals surface area contributed by atoms with Gasteiger partial charge < -0.3 is 4.74 Å². The highest BCUT2D eigenvalue weighted by Gasteiger charge is 2.70. The molecule has 5 aliphatic carbocycles. The van der Waals surface area contributed by atoms with E-state index < -0.39 is 5.41 Å². The van der Waals surface area contributed by atoms with Gasteiger partial charge in [0.05, 0.1) is 11.5 Å². The lowest BCUT2D eigenvalue weighted by molar-refractivity contribution is -0.188. The van der Waals surface area contributed by atoms with Gasteiger partial charge in [0.2, 0.25) is 0 Å². The molecule has 4 nitrogen and oxygen atoms in total. The van der Waals surface area contributed by atoms with Gasteiger partial charge in [-0.2, -0.15) is 0 Å². The Bertz CT molecular complexity index is 1070. The number of ketones is 2. The van der Waals surface area contributed by atoms with Crippen LogP contribution in [0, 0.1) is 50.2 Å². The molecule has 0 heterocycles. The molecule has 0 aromatic carbocycles. The van der Waals surface area contributed by atoms with Crippen LogP contribution in [0.25, 0.3) is 0 Å². The van der Waals surface area contributed by atoms with Gasteiger partial charge >= 0.3 is 5.97 Å². The standard InChI is InChI=1S/C33H50O4/c1-20(2)37-27(36)30(6)15-14-29(5)16-17-32(8)21(22(29)19-30)18-23(34)26-31(7)12-11-25(35)28(3,4)24(31)10-13-33(26,32)9/h18,20,22,24,26H,10-17,19H2,1-9H3/t22-,24?,26?,29+,30-,31-,32+,33+/m0/s1. The molecule has 0 N–H and O–H groups in total. The van der Waals surface area contributed by atoms with Crippen molar-refractivity contribution >= 4 is 17.5 Å². The molecule has 0 radical (unpaired) electrons. The molecule has 206 valence electrons. The van der Waals surface area contributed by atoms with Crippen molar-refractivity contribution in [1.29, 1.82) is 0 Å². The average Bonchev–Trinajstić information content (AvgIpc) is 2.78. The Morgan fingerprint density at radius 1 is 0.919 bits per heavy atom. The number of carbonyl (C=O) groups excluding carboxylic acids is 3. The monoisotopic (exact) mass is 510 g/mol. The Kier molecular flexibility index (Phi) is 5.89. The van der Waals surface area contributed by atoms with Gasteiger partial charge in [0.25, 0.3) is 0 Å². The first-order valence-electron chi connectivity index (χ1n) is 14.9. The summed E-state index contributed by atoms with van der Waals surface area (Å²) in [4.78, 5) is 40.6. The molecular formula is C33H50O4. The lowest BCUT2D eigenvalue weighted by Gasteiger charge is -2.69. The van der Waals surface area contributed by atoms with E-state index in [-0.39, 0.29) is 62.7 Å². The zero-order valence-electron chi connectivity index (χ0n) is 24.9. The molecule has 8 atom stereocenters. The highest BCUT2D eigenvalue weighted by molar-refractivity contribution is 5.96. The van der Waals surface area contributed by atoms with Crippen LogP contribution in [0.5, 0.6) is 0 Å². The lowest BCUT2D eigenvalue weighted by atomic mass is 9.33. The van der Waals surface area contributed by atoms with Crippen molar-refractivity contribution in [3.8, 4) is 0 Å². The highest BCUT2D eigenvalue weighted by Crippen LogP contribution is 2.74. The summed E-state index contributed by atoms with van der Waals surface area (Å²) in [5, 5.41) is 0. The number of allylic oxidation sites excluding steroid dienone is 2. The zero-order chi connectivity index (χ0) is 27.4. The fourth-order valence-electron chi connectivity index (χ4n) is 10.5. The van der Waals surface area contributed by atoms with Crippen LogP contribution in [-0.4, -0.2) is 23.6 Å². The van der Waals surface area contributed by atoms with E-state index in [1.807, 2.05) is 13.8 Å². The number of fused-ring (bicyclic) bond motifs is 7. The smallest absolute Gasteiger partial charge is 0.312 e. The quantitative estimate of drug-likeness (QED) is 0.361. The van der Waals surface area contributed by atoms with Crippen molar-refractivity contribution in [1.82, 2.24) is 0 Å². The molecule has 4 fully saturated rings. The Balaban J connectivity index is 1.58. The molecule has 0 saturated heterocycles. The van der Waals surface area contributed by atoms with Crippen LogP contribution in [0.1, 0.15) is 120 Å². The van der Waals surface area contributed by atoms with Crippen molar-refractivity contribution in [2.45, 2.75) is 126 Å². The third-order valence-electron chi connectivity index (χ3n) is 13.2. The molecule has 0 aliphatic heterocycles. The first-order valence-corrected chi connectivity index (χ1v) is 14.9. The van der Waals surface area contributed by atoms with Gasteiger partial charge in [0, 0.05) is 17.8 Å². The maximum absolute atomic E-state index is 14.4. The van der Waals surface area contributed by atoms with Gasteiger partial charge in [-0.25, -0.2) is 0 Å². The van der Waals surface area contributed by atoms with Crippen LogP contribution in [0.2, 0.25) is 0 Å². The first kappa shape index (κ1) is 27.1. The molecule has 5 aliphatic rings. The molecule has 4 heteroatoms. The maximum atomic E-state index is 14.4. The summed E-state index contributed by atoms with van der Waals surface area (Å²) in [7, 11) is 0. The second kappa shape index (κ2) is 8.04. The maximum Gasteiger partial charge on any atom is 0.312 e. The number of Topliss-reactive ketones (excluding diaryl/α,β-unsaturated/α-hetero) is 1. The van der Waals surface area contributed by atoms with Crippen LogP contribution in [0.15, 0.2) is 11.6 Å². The molecule has 0 aromatic heterocycles. The van der Waals surface area contributed by atoms with Crippen molar-refractivity contribution in [2.24, 2.45) is 50.2 Å². The van der Waals surface area contributed by atoms with Gasteiger partial charge in [-0.15, -0.1) is 0 Å². The minimum atomic E-state index is -0.508. The summed E-state index contributed by atoms with van der Waals surface area (Å²) in [6.07, 6.45) is 10.2. The Morgan fingerprint density at radius 3 is 2.22 bits per heavy atom. The molecular weight excluding hydrogens is 460 g/mol. The number of rotatable bonds is 2. The van der Waals surface area contributed by atoms with E-state index in [1.165, 1.54) is 5.57 Å². The Labute approximate surface area is 224 Å². The fraction of sp³-hybridized carbons (Fsp3) is 0.848. The molecule has 5 rings (SSSR count). The molecule has 0 amide bonds. The predicted octanol–water partition coefficient (Wildman–Crippen LogP) is 7.49. The number of ether oxygens (including phenoxy) is 1. The average molecular weight is 511 g/mol. The highest BCUT2D eigenvalue weighted by atomic mass is 16.5. The Hall–Kier alpha value is -1.45. The molecule has 0 spiro atoms. The van der Waals surface area contributed by atoms with Crippen LogP contribution >= 0.6 is 0 Å². The van der Waals surface area contributed by atoms with E-state index in [0.717, 1.165) is 51.4 Å². The summed E-state index contributed by atoms with van der Waals surface area (Å²) in [5.41, 5.74) is 0.195. The minimum absolute atomic E-state index is 0.0508. The van der Waals surface area contributed by atoms with E-state index in [4.69, 9.17) is 4.74 Å². The second-order valence-corrected chi connectivity index (χ2v) is 15.9. The molecule has 0 aromatic rings. The number of hydrogen-bond acceptors (Lipinski definition) is 4. The van der Waals surface area contributed by atoms with Crippen molar-refractivity contribution < 1.29 is 19.1 Å². The largest absolute Gasteiger partial charge is 0.463 e. The van der Waals surface area contributed by atoms with Crippen molar-refractivity contribution in [3.63, 3.8) is 0 Å². The molecule has 37 heavy (non-hydrogen) atoms. The summed E-state index contributed by atoms with van der Waals surface area (Å²) < 4.78 is 5.74. The number of hydrogen-bond donors (Lipinski definition) is 0. The topological polar surface area (TPSA) is 60.4 Å². The third kappa shape index (κ3) is 3.48. The van der Waals surface area contributed by atoms with Gasteiger partial charge in [-0.1, -0.05) is 47.1 Å². The van der Waals surface area contributed by atoms with E-state index in [2.05, 4.69) is 54.5 Å². The molecule has 0 bridgehead atoms. The second-order valence-electron chi connectivity index (χ2n) is 15.9. The van der Waals surface area contributed by atoms with Gasteiger partial charge in [0.15, 0.2) is 5.78 Å². The number of carbonyl (C=O) groups is 3. The number of esters is 1. The third-order valence-corrected chi connectivity index (χ3v) is 13.2. The summed E-state index contributed by atoms with van der Waals surface area (Å²) in [5.74, 6) is 0.998. The lowest BCUT2D eigenvalue weighted by Crippen LogP contribution is -2.66. The summed E-state index contributed by atoms with van der Waals surface area (Å²) >= 11 is 0. The Morgan fingerprint density at radius 2 is 1.57 bits per heavy atom. The van der Waals surface area contributed by atoms with Crippen LogP contribution in [-0.2, 0) is 19.1 Å². The SMILES string of the molecule is CC(C)OC(=O)[C@@]1(C)CC[C@]2(C)CC[C@]3(C)C(=CC(=O)C4[C@@]5(C)CCC(=O)C(C)(C)C5CC[C@]43C)[C@@H]2C1. The van der Waals surface area contributed by atoms with Gasteiger partial charge in [0.1, 0.15) is 5.78 Å². The normalized spacial score (nSPS) is 48.8. The van der Waals surface area contributed by atoms with E-state index in [9.17, 15) is 14.4 Å². The first-order chi connectivity index (χ1) is 16.9. The predicted molar refractivity (Wildman–Crippen MR) is 146 cm³/mol. The van der Waals surface area contributed by atoms with E-state index in [1.54, 1.807) is 0 Å². The summed E-state index contributed by atoms with van der Waals surface area (Å²) in [6, 6.07) is 0. The zero-order valence-corrected chi connectivity index (χ0v) is 24.9. The van der Waals surface area contributed by atoms with E-state index >= 15 is 0 Å². The molecule has 4 saturated carbocycles. The van der Waals surface area contributed by atoms with Crippen LogP contribution in [0.3, 0.4) is 0 Å². The molecule has 2 unspecified atom stereocenters.